The van der Waals surface area contributed by atoms with Gasteiger partial charge in [-0.2, -0.15) is 13.4 Å². The standard InChI is InChI=1S/C25H24FN5O2S/c1-17-16-28-25(31-24(17)29-20-13-8-14-21(15-20)34(26,32)33)30-23(19-11-6-3-7-12-19)22(27)18-9-4-2-5-10-18/h2-16,22-23H,27H2,1H3,(H2,28,29,30,31). The summed E-state index contributed by atoms with van der Waals surface area (Å²) in [4.78, 5) is 8.54. The van der Waals surface area contributed by atoms with Crippen LogP contribution in [0, 0.1) is 6.92 Å². The second-order valence-electron chi connectivity index (χ2n) is 7.79. The van der Waals surface area contributed by atoms with E-state index in [-0.39, 0.29) is 12.1 Å². The summed E-state index contributed by atoms with van der Waals surface area (Å²) in [6.45, 7) is 1.81. The molecule has 4 N–H and O–H groups in total. The molecular weight excluding hydrogens is 453 g/mol. The van der Waals surface area contributed by atoms with Gasteiger partial charge in [0.1, 0.15) is 10.7 Å². The fraction of sp³-hybridized carbons (Fsp3) is 0.120. The van der Waals surface area contributed by atoms with Gasteiger partial charge in [0.2, 0.25) is 5.95 Å². The lowest BCUT2D eigenvalue weighted by atomic mass is 9.94. The van der Waals surface area contributed by atoms with Crippen molar-refractivity contribution in [1.82, 2.24) is 9.97 Å². The van der Waals surface area contributed by atoms with Gasteiger partial charge in [-0.15, -0.1) is 3.89 Å². The predicted octanol–water partition coefficient (Wildman–Crippen LogP) is 5.04. The summed E-state index contributed by atoms with van der Waals surface area (Å²) in [5.41, 5.74) is 9.68. The molecule has 0 radical (unpaired) electrons. The van der Waals surface area contributed by atoms with Gasteiger partial charge >= 0.3 is 10.2 Å². The lowest BCUT2D eigenvalue weighted by Gasteiger charge is -2.26. The number of aromatic nitrogens is 2. The number of nitrogens with one attached hydrogen (secondary N) is 2. The molecular formula is C25H24FN5O2S. The number of nitrogens with two attached hydrogens (primary N) is 1. The first-order valence-electron chi connectivity index (χ1n) is 10.6. The molecule has 1 heterocycles. The van der Waals surface area contributed by atoms with E-state index in [2.05, 4.69) is 20.6 Å². The molecule has 1 aromatic heterocycles. The van der Waals surface area contributed by atoms with Gasteiger partial charge < -0.3 is 16.4 Å². The van der Waals surface area contributed by atoms with Crippen LogP contribution < -0.4 is 16.4 Å². The molecule has 0 aliphatic rings. The van der Waals surface area contributed by atoms with Crippen molar-refractivity contribution in [2.45, 2.75) is 23.9 Å². The number of aryl methyl sites for hydroxylation is 1. The van der Waals surface area contributed by atoms with E-state index in [1.165, 1.54) is 18.2 Å². The molecule has 0 saturated heterocycles. The van der Waals surface area contributed by atoms with Crippen LogP contribution in [0.3, 0.4) is 0 Å². The fourth-order valence-electron chi connectivity index (χ4n) is 3.55. The monoisotopic (exact) mass is 477 g/mol. The molecule has 7 nitrogen and oxygen atoms in total. The first-order chi connectivity index (χ1) is 16.3. The zero-order chi connectivity index (χ0) is 24.1. The molecule has 0 fully saturated rings. The van der Waals surface area contributed by atoms with Crippen molar-refractivity contribution < 1.29 is 12.3 Å². The highest BCUT2D eigenvalue weighted by Gasteiger charge is 2.22. The van der Waals surface area contributed by atoms with Gasteiger partial charge in [-0.3, -0.25) is 0 Å². The number of nitrogens with zero attached hydrogens (tertiary/aromatic N) is 2. The van der Waals surface area contributed by atoms with Crippen LogP contribution in [0.25, 0.3) is 0 Å². The number of anilines is 3. The SMILES string of the molecule is Cc1cnc(NC(c2ccccc2)C(N)c2ccccc2)nc1Nc1cccc(S(=O)(=O)F)c1. The molecule has 0 aliphatic heterocycles. The van der Waals surface area contributed by atoms with Gasteiger partial charge in [0, 0.05) is 17.4 Å². The van der Waals surface area contributed by atoms with Crippen molar-refractivity contribution in [2.75, 3.05) is 10.6 Å². The lowest BCUT2D eigenvalue weighted by molar-refractivity contribution is 0.552. The van der Waals surface area contributed by atoms with Crippen LogP contribution >= 0.6 is 0 Å². The van der Waals surface area contributed by atoms with Gasteiger partial charge in [-0.1, -0.05) is 66.7 Å². The van der Waals surface area contributed by atoms with Crippen LogP contribution in [0.4, 0.5) is 21.3 Å². The van der Waals surface area contributed by atoms with E-state index in [0.717, 1.165) is 16.7 Å². The minimum atomic E-state index is -4.82. The second kappa shape index (κ2) is 9.98. The van der Waals surface area contributed by atoms with Crippen molar-refractivity contribution in [3.63, 3.8) is 0 Å². The number of rotatable bonds is 8. The van der Waals surface area contributed by atoms with Crippen LogP contribution in [0.2, 0.25) is 0 Å². The number of hydrogen-bond acceptors (Lipinski definition) is 7. The Labute approximate surface area is 198 Å². The molecule has 0 saturated carbocycles. The molecule has 4 rings (SSSR count). The van der Waals surface area contributed by atoms with Crippen molar-refractivity contribution in [3.05, 3.63) is 108 Å². The van der Waals surface area contributed by atoms with E-state index in [1.54, 1.807) is 12.3 Å². The van der Waals surface area contributed by atoms with Crippen molar-refractivity contribution in [1.29, 1.82) is 0 Å². The lowest BCUT2D eigenvalue weighted by Crippen LogP contribution is -2.27. The first kappa shape index (κ1) is 23.3. The molecule has 0 bridgehead atoms. The summed E-state index contributed by atoms with van der Waals surface area (Å²) in [6, 6.07) is 24.3. The number of hydrogen-bond donors (Lipinski definition) is 3. The molecule has 9 heteroatoms. The highest BCUT2D eigenvalue weighted by atomic mass is 32.3. The molecule has 34 heavy (non-hydrogen) atoms. The Morgan fingerprint density at radius 1 is 0.912 bits per heavy atom. The van der Waals surface area contributed by atoms with E-state index in [9.17, 15) is 12.3 Å². The molecule has 3 aromatic carbocycles. The van der Waals surface area contributed by atoms with E-state index >= 15 is 0 Å². The second-order valence-corrected chi connectivity index (χ2v) is 9.13. The Hall–Kier alpha value is -3.82. The smallest absolute Gasteiger partial charge is 0.332 e. The molecule has 0 amide bonds. The van der Waals surface area contributed by atoms with Crippen LogP contribution in [0.5, 0.6) is 0 Å². The average molecular weight is 478 g/mol. The molecule has 2 unspecified atom stereocenters. The van der Waals surface area contributed by atoms with E-state index in [4.69, 9.17) is 5.73 Å². The van der Waals surface area contributed by atoms with Gasteiger partial charge in [0.15, 0.2) is 0 Å². The summed E-state index contributed by atoms with van der Waals surface area (Å²) < 4.78 is 35.9. The normalized spacial score (nSPS) is 13.1. The average Bonchev–Trinajstić information content (AvgIpc) is 2.85. The Kier molecular flexibility index (Phi) is 6.85. The highest BCUT2D eigenvalue weighted by molar-refractivity contribution is 7.86. The summed E-state index contributed by atoms with van der Waals surface area (Å²) >= 11 is 0. The third kappa shape index (κ3) is 5.56. The van der Waals surface area contributed by atoms with E-state index in [0.29, 0.717) is 17.5 Å². The van der Waals surface area contributed by atoms with Gasteiger partial charge in [-0.25, -0.2) is 4.98 Å². The summed E-state index contributed by atoms with van der Waals surface area (Å²) in [6.07, 6.45) is 1.64. The zero-order valence-corrected chi connectivity index (χ0v) is 19.2. The van der Waals surface area contributed by atoms with Gasteiger partial charge in [-0.05, 0) is 36.2 Å². The maximum absolute atomic E-state index is 13.4. The maximum Gasteiger partial charge on any atom is 0.332 e. The molecule has 0 spiro atoms. The predicted molar refractivity (Wildman–Crippen MR) is 131 cm³/mol. The summed E-state index contributed by atoms with van der Waals surface area (Å²) in [7, 11) is -4.82. The maximum atomic E-state index is 13.4. The zero-order valence-electron chi connectivity index (χ0n) is 18.4. The summed E-state index contributed by atoms with van der Waals surface area (Å²) in [5.74, 6) is 0.786. The van der Waals surface area contributed by atoms with Crippen molar-refractivity contribution >= 4 is 27.7 Å². The Bertz CT molecular complexity index is 1370. The first-order valence-corrected chi connectivity index (χ1v) is 12.0. The topological polar surface area (TPSA) is 110 Å². The van der Waals surface area contributed by atoms with Crippen LogP contribution in [-0.4, -0.2) is 18.4 Å². The van der Waals surface area contributed by atoms with Crippen LogP contribution in [0.1, 0.15) is 28.8 Å². The third-order valence-corrected chi connectivity index (χ3v) is 6.15. The van der Waals surface area contributed by atoms with Crippen LogP contribution in [-0.2, 0) is 10.2 Å². The quantitative estimate of drug-likeness (QED) is 0.305. The summed E-state index contributed by atoms with van der Waals surface area (Å²) in [5, 5.41) is 6.39. The third-order valence-electron chi connectivity index (χ3n) is 5.34. The number of benzene rings is 3. The van der Waals surface area contributed by atoms with Gasteiger partial charge in [0.05, 0.1) is 12.1 Å². The van der Waals surface area contributed by atoms with Crippen LogP contribution in [0.15, 0.2) is 96.0 Å². The minimum Gasteiger partial charge on any atom is -0.345 e. The van der Waals surface area contributed by atoms with E-state index < -0.39 is 15.1 Å². The largest absolute Gasteiger partial charge is 0.345 e. The van der Waals surface area contributed by atoms with Crippen molar-refractivity contribution in [3.8, 4) is 0 Å². The Morgan fingerprint density at radius 2 is 1.56 bits per heavy atom. The minimum absolute atomic E-state index is 0.320. The fourth-order valence-corrected chi connectivity index (χ4v) is 4.06. The molecule has 0 aliphatic carbocycles. The molecule has 2 atom stereocenters. The number of halogens is 1. The van der Waals surface area contributed by atoms with E-state index in [1.807, 2.05) is 67.6 Å². The Morgan fingerprint density at radius 3 is 2.21 bits per heavy atom. The van der Waals surface area contributed by atoms with Crippen molar-refractivity contribution in [2.24, 2.45) is 5.73 Å². The Balaban J connectivity index is 1.64. The molecule has 4 aromatic rings. The molecule has 174 valence electrons. The van der Waals surface area contributed by atoms with Gasteiger partial charge in [0.25, 0.3) is 0 Å². The highest BCUT2D eigenvalue weighted by Crippen LogP contribution is 2.30.